The van der Waals surface area contributed by atoms with Crippen molar-refractivity contribution in [2.75, 3.05) is 6.61 Å². The van der Waals surface area contributed by atoms with E-state index in [9.17, 15) is 9.59 Å². The average Bonchev–Trinajstić information content (AvgIpc) is 2.86. The van der Waals surface area contributed by atoms with E-state index >= 15 is 0 Å². The highest BCUT2D eigenvalue weighted by molar-refractivity contribution is 6.35. The Morgan fingerprint density at radius 1 is 0.943 bits per heavy atom. The molecule has 0 aliphatic carbocycles. The normalized spacial score (nSPS) is 12.5. The van der Waals surface area contributed by atoms with Gasteiger partial charge in [0.25, 0.3) is 5.91 Å². The highest BCUT2D eigenvalue weighted by Gasteiger charge is 2.31. The lowest BCUT2D eigenvalue weighted by molar-refractivity contribution is -0.143. The quantitative estimate of drug-likeness (QED) is 0.346. The van der Waals surface area contributed by atoms with Crippen molar-refractivity contribution >= 4 is 35.0 Å². The van der Waals surface area contributed by atoms with Crippen molar-refractivity contribution in [2.24, 2.45) is 0 Å². The molecule has 2 amide bonds. The summed E-state index contributed by atoms with van der Waals surface area (Å²) in [5.74, 6) is -0.162. The van der Waals surface area contributed by atoms with Crippen molar-refractivity contribution in [3.63, 3.8) is 0 Å². The second-order valence-corrected chi connectivity index (χ2v) is 9.24. The molecule has 35 heavy (non-hydrogen) atoms. The Balaban J connectivity index is 1.90. The highest BCUT2D eigenvalue weighted by Crippen LogP contribution is 2.27. The van der Waals surface area contributed by atoms with Crippen LogP contribution in [-0.2, 0) is 22.6 Å². The van der Waals surface area contributed by atoms with E-state index in [1.807, 2.05) is 74.5 Å². The van der Waals surface area contributed by atoms with Gasteiger partial charge in [-0.05, 0) is 42.7 Å². The third-order valence-electron chi connectivity index (χ3n) is 5.71. The number of rotatable bonds is 11. The summed E-state index contributed by atoms with van der Waals surface area (Å²) in [6.45, 7) is 3.96. The zero-order chi connectivity index (χ0) is 25.2. The van der Waals surface area contributed by atoms with Gasteiger partial charge < -0.3 is 15.0 Å². The van der Waals surface area contributed by atoms with Gasteiger partial charge in [-0.25, -0.2) is 0 Å². The van der Waals surface area contributed by atoms with Crippen LogP contribution in [0.15, 0.2) is 78.9 Å². The Labute approximate surface area is 217 Å². The molecule has 3 aromatic carbocycles. The van der Waals surface area contributed by atoms with Gasteiger partial charge in [0.2, 0.25) is 5.91 Å². The summed E-state index contributed by atoms with van der Waals surface area (Å²) in [7, 11) is 0. The summed E-state index contributed by atoms with van der Waals surface area (Å²) in [6.07, 6.45) is 1.16. The van der Waals surface area contributed by atoms with Crippen molar-refractivity contribution < 1.29 is 14.3 Å². The molecule has 2 atom stereocenters. The number of hydrogen-bond donors (Lipinski definition) is 1. The van der Waals surface area contributed by atoms with E-state index in [2.05, 4.69) is 5.32 Å². The van der Waals surface area contributed by atoms with Gasteiger partial charge in [0.1, 0.15) is 11.8 Å². The number of amides is 2. The van der Waals surface area contributed by atoms with Crippen molar-refractivity contribution in [2.45, 2.75) is 45.3 Å². The Hall–Kier alpha value is -3.02. The van der Waals surface area contributed by atoms with Crippen LogP contribution in [0.1, 0.15) is 31.4 Å². The summed E-state index contributed by atoms with van der Waals surface area (Å²) < 4.78 is 5.74. The molecule has 184 valence electrons. The summed E-state index contributed by atoms with van der Waals surface area (Å²) in [5.41, 5.74) is 1.88. The minimum Gasteiger partial charge on any atom is -0.482 e. The number of nitrogens with zero attached hydrogens (tertiary/aromatic N) is 1. The number of carbonyl (C=O) groups excluding carboxylic acids is 2. The molecule has 3 rings (SSSR count). The minimum absolute atomic E-state index is 0.0152. The molecular weight excluding hydrogens is 483 g/mol. The fourth-order valence-electron chi connectivity index (χ4n) is 3.59. The maximum Gasteiger partial charge on any atom is 0.261 e. The number of carbonyl (C=O) groups is 2. The zero-order valence-corrected chi connectivity index (χ0v) is 21.4. The number of benzene rings is 3. The lowest BCUT2D eigenvalue weighted by atomic mass is 10.0. The van der Waals surface area contributed by atoms with E-state index in [-0.39, 0.29) is 31.0 Å². The maximum absolute atomic E-state index is 13.5. The van der Waals surface area contributed by atoms with Crippen LogP contribution < -0.4 is 10.1 Å². The molecule has 0 fully saturated rings. The predicted octanol–water partition coefficient (Wildman–Crippen LogP) is 5.93. The molecule has 7 heteroatoms. The van der Waals surface area contributed by atoms with E-state index in [1.165, 1.54) is 0 Å². The summed E-state index contributed by atoms with van der Waals surface area (Å²) in [6, 6.07) is 23.4. The molecule has 0 bridgehead atoms. The first-order valence-corrected chi connectivity index (χ1v) is 12.4. The number of halogens is 2. The largest absolute Gasteiger partial charge is 0.482 e. The minimum atomic E-state index is -0.719. The fraction of sp³-hybridized carbons (Fsp3) is 0.286. The predicted molar refractivity (Wildman–Crippen MR) is 141 cm³/mol. The van der Waals surface area contributed by atoms with Crippen molar-refractivity contribution in [1.82, 2.24) is 10.2 Å². The second kappa shape index (κ2) is 13.2. The number of ether oxygens (including phenoxy) is 1. The van der Waals surface area contributed by atoms with Crippen LogP contribution in [0.3, 0.4) is 0 Å². The Kier molecular flexibility index (Phi) is 10.0. The Morgan fingerprint density at radius 3 is 2.17 bits per heavy atom. The first-order valence-electron chi connectivity index (χ1n) is 11.6. The van der Waals surface area contributed by atoms with Gasteiger partial charge in [0.15, 0.2) is 6.61 Å². The van der Waals surface area contributed by atoms with Crippen LogP contribution in [-0.4, -0.2) is 35.4 Å². The molecule has 0 spiro atoms. The summed E-state index contributed by atoms with van der Waals surface area (Å²) in [5, 5.41) is 3.84. The third-order valence-corrected chi connectivity index (χ3v) is 6.24. The van der Waals surface area contributed by atoms with E-state index in [0.717, 1.165) is 17.5 Å². The molecule has 0 saturated heterocycles. The first kappa shape index (κ1) is 26.6. The SMILES string of the molecule is CC[C@H](C)NC(=O)[C@@H](Cc1ccccc1)N(Cc1ccccc1)C(=O)COc1ccc(Cl)cc1Cl. The second-order valence-electron chi connectivity index (χ2n) is 8.39. The van der Waals surface area contributed by atoms with E-state index in [1.54, 1.807) is 23.1 Å². The molecule has 0 aliphatic rings. The smallest absolute Gasteiger partial charge is 0.261 e. The number of hydrogen-bond acceptors (Lipinski definition) is 3. The first-order chi connectivity index (χ1) is 16.9. The number of nitrogens with one attached hydrogen (secondary N) is 1. The molecule has 0 aromatic heterocycles. The van der Waals surface area contributed by atoms with Crippen LogP contribution in [0.4, 0.5) is 0 Å². The standard InChI is InChI=1S/C28H30Cl2N2O3/c1-3-20(2)31-28(34)25(16-21-10-6-4-7-11-21)32(18-22-12-8-5-9-13-22)27(33)19-35-26-15-14-23(29)17-24(26)30/h4-15,17,20,25H,3,16,18-19H2,1-2H3,(H,31,34)/t20-,25+/m0/s1. The van der Waals surface area contributed by atoms with Gasteiger partial charge in [-0.3, -0.25) is 9.59 Å². The monoisotopic (exact) mass is 512 g/mol. The topological polar surface area (TPSA) is 58.6 Å². The average molecular weight is 513 g/mol. The molecule has 0 radical (unpaired) electrons. The summed E-state index contributed by atoms with van der Waals surface area (Å²) in [4.78, 5) is 28.6. The van der Waals surface area contributed by atoms with Crippen LogP contribution in [0, 0.1) is 0 Å². The molecule has 3 aromatic rings. The molecule has 1 N–H and O–H groups in total. The molecule has 0 heterocycles. The molecule has 0 aliphatic heterocycles. The molecule has 5 nitrogen and oxygen atoms in total. The molecule has 0 unspecified atom stereocenters. The van der Waals surface area contributed by atoms with Crippen LogP contribution >= 0.6 is 23.2 Å². The molecule has 0 saturated carbocycles. The molecular formula is C28H30Cl2N2O3. The fourth-order valence-corrected chi connectivity index (χ4v) is 4.05. The zero-order valence-electron chi connectivity index (χ0n) is 19.9. The van der Waals surface area contributed by atoms with E-state index in [0.29, 0.717) is 22.2 Å². The Bertz CT molecular complexity index is 1110. The van der Waals surface area contributed by atoms with Crippen LogP contribution in [0.25, 0.3) is 0 Å². The third kappa shape index (κ3) is 8.01. The lowest BCUT2D eigenvalue weighted by Gasteiger charge is -2.32. The Morgan fingerprint density at radius 2 is 1.57 bits per heavy atom. The van der Waals surface area contributed by atoms with E-state index in [4.69, 9.17) is 27.9 Å². The van der Waals surface area contributed by atoms with E-state index < -0.39 is 6.04 Å². The van der Waals surface area contributed by atoms with Gasteiger partial charge in [-0.2, -0.15) is 0 Å². The van der Waals surface area contributed by atoms with Gasteiger partial charge in [0, 0.05) is 24.0 Å². The highest BCUT2D eigenvalue weighted by atomic mass is 35.5. The van der Waals surface area contributed by atoms with Crippen LogP contribution in [0.2, 0.25) is 10.0 Å². The van der Waals surface area contributed by atoms with Gasteiger partial charge in [0.05, 0.1) is 5.02 Å². The van der Waals surface area contributed by atoms with Crippen molar-refractivity contribution in [3.05, 3.63) is 100 Å². The van der Waals surface area contributed by atoms with Crippen molar-refractivity contribution in [3.8, 4) is 5.75 Å². The van der Waals surface area contributed by atoms with Crippen LogP contribution in [0.5, 0.6) is 5.75 Å². The van der Waals surface area contributed by atoms with Crippen molar-refractivity contribution in [1.29, 1.82) is 0 Å². The van der Waals surface area contributed by atoms with Gasteiger partial charge in [-0.1, -0.05) is 90.8 Å². The maximum atomic E-state index is 13.5. The van der Waals surface area contributed by atoms with Gasteiger partial charge >= 0.3 is 0 Å². The summed E-state index contributed by atoms with van der Waals surface area (Å²) >= 11 is 12.2. The lowest BCUT2D eigenvalue weighted by Crippen LogP contribution is -2.53. The van der Waals surface area contributed by atoms with Gasteiger partial charge in [-0.15, -0.1) is 0 Å².